The highest BCUT2D eigenvalue weighted by Gasteiger charge is 2.16. The zero-order valence-electron chi connectivity index (χ0n) is 14.8. The molecule has 0 spiro atoms. The van der Waals surface area contributed by atoms with E-state index in [1.807, 2.05) is 0 Å². The van der Waals surface area contributed by atoms with Gasteiger partial charge in [0, 0.05) is 18.3 Å². The number of nitrogens with zero attached hydrogens (tertiary/aromatic N) is 5. The molecule has 0 aliphatic rings. The third-order valence-electron chi connectivity index (χ3n) is 3.77. The highest BCUT2D eigenvalue weighted by atomic mass is 19.1. The van der Waals surface area contributed by atoms with E-state index in [9.17, 15) is 18.4 Å². The van der Waals surface area contributed by atoms with Crippen molar-refractivity contribution < 1.29 is 18.4 Å². The molecule has 0 atom stereocenters. The molecule has 0 aliphatic heterocycles. The molecule has 2 aromatic carbocycles. The SMILES string of the molecule is CN(CC(=O)Nc1ccc(F)cc1)C(=O)Cn1nnc(-c2ccc(F)cc2)n1. The summed E-state index contributed by atoms with van der Waals surface area (Å²) in [6.07, 6.45) is 0. The molecule has 0 saturated carbocycles. The number of amides is 2. The third kappa shape index (κ3) is 4.93. The third-order valence-corrected chi connectivity index (χ3v) is 3.77. The molecule has 10 heteroatoms. The van der Waals surface area contributed by atoms with E-state index in [2.05, 4.69) is 20.7 Å². The fraction of sp³-hybridized carbons (Fsp3) is 0.167. The number of carbonyl (C=O) groups is 2. The van der Waals surface area contributed by atoms with Crippen LogP contribution in [0.1, 0.15) is 0 Å². The van der Waals surface area contributed by atoms with E-state index >= 15 is 0 Å². The zero-order chi connectivity index (χ0) is 20.1. The largest absolute Gasteiger partial charge is 0.335 e. The van der Waals surface area contributed by atoms with Gasteiger partial charge in [-0.25, -0.2) is 8.78 Å². The maximum absolute atomic E-state index is 13.0. The number of carbonyl (C=O) groups excluding carboxylic acids is 2. The summed E-state index contributed by atoms with van der Waals surface area (Å²) in [5.74, 6) is -1.37. The van der Waals surface area contributed by atoms with E-state index in [1.165, 1.54) is 60.5 Å². The molecule has 1 heterocycles. The van der Waals surface area contributed by atoms with Crippen LogP contribution in [-0.4, -0.2) is 50.5 Å². The number of anilines is 1. The van der Waals surface area contributed by atoms with Crippen molar-refractivity contribution in [2.24, 2.45) is 0 Å². The van der Waals surface area contributed by atoms with Gasteiger partial charge < -0.3 is 10.2 Å². The number of rotatable bonds is 6. The molecular weight excluding hydrogens is 370 g/mol. The van der Waals surface area contributed by atoms with Crippen LogP contribution in [0.5, 0.6) is 0 Å². The quantitative estimate of drug-likeness (QED) is 0.696. The lowest BCUT2D eigenvalue weighted by atomic mass is 10.2. The van der Waals surface area contributed by atoms with E-state index in [4.69, 9.17) is 0 Å². The highest BCUT2D eigenvalue weighted by molar-refractivity contribution is 5.94. The number of tetrazole rings is 1. The minimum absolute atomic E-state index is 0.199. The predicted octanol–water partition coefficient (Wildman–Crippen LogP) is 1.72. The first-order valence-electron chi connectivity index (χ1n) is 8.24. The molecule has 0 saturated heterocycles. The minimum Gasteiger partial charge on any atom is -0.335 e. The number of nitrogens with one attached hydrogen (secondary N) is 1. The average Bonchev–Trinajstić information content (AvgIpc) is 3.12. The second-order valence-corrected chi connectivity index (χ2v) is 5.96. The lowest BCUT2D eigenvalue weighted by molar-refractivity contribution is -0.134. The summed E-state index contributed by atoms with van der Waals surface area (Å²) in [6, 6.07) is 10.8. The first-order chi connectivity index (χ1) is 13.4. The van der Waals surface area contributed by atoms with Crippen LogP contribution in [0.4, 0.5) is 14.5 Å². The topological polar surface area (TPSA) is 93.0 Å². The number of benzene rings is 2. The maximum atomic E-state index is 13.0. The Bertz CT molecular complexity index is 973. The number of hydrogen-bond acceptors (Lipinski definition) is 5. The highest BCUT2D eigenvalue weighted by Crippen LogP contribution is 2.13. The van der Waals surface area contributed by atoms with Crippen molar-refractivity contribution in [1.82, 2.24) is 25.1 Å². The molecule has 3 rings (SSSR count). The first-order valence-corrected chi connectivity index (χ1v) is 8.24. The van der Waals surface area contributed by atoms with Crippen molar-refractivity contribution in [3.8, 4) is 11.4 Å². The fourth-order valence-corrected chi connectivity index (χ4v) is 2.30. The number of hydrogen-bond donors (Lipinski definition) is 1. The molecule has 0 bridgehead atoms. The van der Waals surface area contributed by atoms with Crippen LogP contribution in [-0.2, 0) is 16.1 Å². The van der Waals surface area contributed by atoms with Gasteiger partial charge in [0.05, 0.1) is 6.54 Å². The van der Waals surface area contributed by atoms with Crippen molar-refractivity contribution >= 4 is 17.5 Å². The molecule has 1 N–H and O–H groups in total. The molecule has 0 radical (unpaired) electrons. The molecule has 2 amide bonds. The second kappa shape index (κ2) is 8.33. The van der Waals surface area contributed by atoms with Crippen LogP contribution in [0.25, 0.3) is 11.4 Å². The van der Waals surface area contributed by atoms with Crippen LogP contribution in [0.3, 0.4) is 0 Å². The van der Waals surface area contributed by atoms with E-state index in [0.29, 0.717) is 11.3 Å². The van der Waals surface area contributed by atoms with Crippen molar-refractivity contribution in [2.75, 3.05) is 18.9 Å². The number of likely N-dealkylation sites (N-methyl/N-ethyl adjacent to an activating group) is 1. The Kier molecular flexibility index (Phi) is 5.68. The summed E-state index contributed by atoms with van der Waals surface area (Å²) in [5, 5.41) is 14.3. The monoisotopic (exact) mass is 386 g/mol. The van der Waals surface area contributed by atoms with Crippen LogP contribution >= 0.6 is 0 Å². The number of aromatic nitrogens is 4. The smallest absolute Gasteiger partial charge is 0.246 e. The molecule has 28 heavy (non-hydrogen) atoms. The van der Waals surface area contributed by atoms with Gasteiger partial charge in [-0.05, 0) is 53.7 Å². The van der Waals surface area contributed by atoms with Crippen LogP contribution in [0.15, 0.2) is 48.5 Å². The minimum atomic E-state index is -0.430. The predicted molar refractivity (Wildman–Crippen MR) is 95.9 cm³/mol. The lowest BCUT2D eigenvalue weighted by Gasteiger charge is -2.16. The maximum Gasteiger partial charge on any atom is 0.246 e. The Morgan fingerprint density at radius 2 is 1.64 bits per heavy atom. The zero-order valence-corrected chi connectivity index (χ0v) is 14.8. The van der Waals surface area contributed by atoms with Gasteiger partial charge in [0.15, 0.2) is 0 Å². The van der Waals surface area contributed by atoms with E-state index in [-0.39, 0.29) is 24.7 Å². The summed E-state index contributed by atoms with van der Waals surface area (Å²) < 4.78 is 25.8. The van der Waals surface area contributed by atoms with Crippen molar-refractivity contribution in [1.29, 1.82) is 0 Å². The summed E-state index contributed by atoms with van der Waals surface area (Å²) in [7, 11) is 1.46. The average molecular weight is 386 g/mol. The van der Waals surface area contributed by atoms with Gasteiger partial charge in [0.25, 0.3) is 0 Å². The Hall–Kier alpha value is -3.69. The molecular formula is C18H16F2N6O2. The normalized spacial score (nSPS) is 10.5. The van der Waals surface area contributed by atoms with E-state index in [1.54, 1.807) is 0 Å². The van der Waals surface area contributed by atoms with Crippen LogP contribution < -0.4 is 5.32 Å². The molecule has 0 aliphatic carbocycles. The molecule has 0 unspecified atom stereocenters. The Balaban J connectivity index is 1.54. The van der Waals surface area contributed by atoms with Crippen molar-refractivity contribution in [2.45, 2.75) is 6.54 Å². The Morgan fingerprint density at radius 1 is 1.04 bits per heavy atom. The summed E-state index contributed by atoms with van der Waals surface area (Å²) in [4.78, 5) is 26.6. The Labute approximate surface area is 158 Å². The molecule has 0 fully saturated rings. The van der Waals surface area contributed by atoms with Gasteiger partial charge in [-0.3, -0.25) is 9.59 Å². The molecule has 144 valence electrons. The number of halogens is 2. The van der Waals surface area contributed by atoms with E-state index in [0.717, 1.165) is 4.80 Å². The first kappa shape index (κ1) is 19.1. The summed E-state index contributed by atoms with van der Waals surface area (Å²) in [5.41, 5.74) is 0.987. The fourth-order valence-electron chi connectivity index (χ4n) is 2.30. The van der Waals surface area contributed by atoms with Crippen LogP contribution in [0.2, 0.25) is 0 Å². The van der Waals surface area contributed by atoms with Gasteiger partial charge in [-0.15, -0.1) is 10.2 Å². The lowest BCUT2D eigenvalue weighted by Crippen LogP contribution is -2.37. The summed E-state index contributed by atoms with van der Waals surface area (Å²) >= 11 is 0. The second-order valence-electron chi connectivity index (χ2n) is 5.96. The van der Waals surface area contributed by atoms with Crippen molar-refractivity contribution in [3.05, 3.63) is 60.2 Å². The van der Waals surface area contributed by atoms with Gasteiger partial charge in [0.2, 0.25) is 17.6 Å². The van der Waals surface area contributed by atoms with Crippen molar-refractivity contribution in [3.63, 3.8) is 0 Å². The van der Waals surface area contributed by atoms with Crippen LogP contribution in [0, 0.1) is 11.6 Å². The van der Waals surface area contributed by atoms with Gasteiger partial charge in [-0.1, -0.05) is 0 Å². The molecule has 1 aromatic heterocycles. The molecule has 8 nitrogen and oxygen atoms in total. The molecule has 3 aromatic rings. The van der Waals surface area contributed by atoms with Gasteiger partial charge in [-0.2, -0.15) is 4.80 Å². The van der Waals surface area contributed by atoms with Gasteiger partial charge in [0.1, 0.15) is 18.2 Å². The standard InChI is InChI=1S/C18H16F2N6O2/c1-25(10-16(27)21-15-8-6-14(20)7-9-15)17(28)11-26-23-18(22-24-26)12-2-4-13(19)5-3-12/h2-9H,10-11H2,1H3,(H,21,27). The van der Waals surface area contributed by atoms with E-state index < -0.39 is 17.6 Å². The Morgan fingerprint density at radius 3 is 2.29 bits per heavy atom. The van der Waals surface area contributed by atoms with Gasteiger partial charge >= 0.3 is 0 Å². The summed E-state index contributed by atoms with van der Waals surface area (Å²) in [6.45, 7) is -0.412.